The molecular formula is C19H27N5O. The van der Waals surface area contributed by atoms with Crippen molar-refractivity contribution < 1.29 is 4.79 Å². The first kappa shape index (κ1) is 17.5. The van der Waals surface area contributed by atoms with E-state index in [0.717, 1.165) is 44.0 Å². The Morgan fingerprint density at radius 2 is 2.20 bits per heavy atom. The van der Waals surface area contributed by atoms with E-state index in [2.05, 4.69) is 26.4 Å². The van der Waals surface area contributed by atoms with Crippen molar-refractivity contribution in [2.24, 2.45) is 0 Å². The lowest BCUT2D eigenvalue weighted by atomic mass is 10.0. The molecule has 1 atom stereocenters. The van der Waals surface area contributed by atoms with Crippen LogP contribution < -0.4 is 4.90 Å². The number of piperidine rings is 1. The number of imidazole rings is 1. The first-order valence-electron chi connectivity index (χ1n) is 9.10. The second-order valence-electron chi connectivity index (χ2n) is 6.58. The molecule has 1 fully saturated rings. The number of nitrogens with zero attached hydrogens (tertiary/aromatic N) is 5. The smallest absolute Gasteiger partial charge is 0.224 e. The predicted molar refractivity (Wildman–Crippen MR) is 98.5 cm³/mol. The molecule has 1 saturated heterocycles. The van der Waals surface area contributed by atoms with E-state index in [4.69, 9.17) is 0 Å². The van der Waals surface area contributed by atoms with Crippen LogP contribution in [0.3, 0.4) is 0 Å². The van der Waals surface area contributed by atoms with Crippen molar-refractivity contribution in [1.82, 2.24) is 19.4 Å². The molecule has 0 saturated carbocycles. The van der Waals surface area contributed by atoms with Crippen molar-refractivity contribution in [3.8, 4) is 0 Å². The third-order valence-electron chi connectivity index (χ3n) is 5.00. The van der Waals surface area contributed by atoms with Crippen molar-refractivity contribution in [3.05, 3.63) is 42.6 Å². The van der Waals surface area contributed by atoms with Crippen molar-refractivity contribution in [2.75, 3.05) is 25.0 Å². The van der Waals surface area contributed by atoms with Crippen molar-refractivity contribution >= 4 is 11.7 Å². The van der Waals surface area contributed by atoms with Gasteiger partial charge in [0.25, 0.3) is 0 Å². The Kier molecular flexibility index (Phi) is 5.68. The molecule has 0 radical (unpaired) electrons. The quantitative estimate of drug-likeness (QED) is 0.809. The molecule has 2 aromatic heterocycles. The molecule has 0 unspecified atom stereocenters. The summed E-state index contributed by atoms with van der Waals surface area (Å²) in [5, 5.41) is 0. The fourth-order valence-electron chi connectivity index (χ4n) is 3.47. The molecule has 6 heteroatoms. The third kappa shape index (κ3) is 4.18. The summed E-state index contributed by atoms with van der Waals surface area (Å²) in [7, 11) is 1.93. The zero-order valence-electron chi connectivity index (χ0n) is 15.1. The summed E-state index contributed by atoms with van der Waals surface area (Å²) in [4.78, 5) is 25.6. The number of hydrogen-bond donors (Lipinski definition) is 0. The van der Waals surface area contributed by atoms with E-state index in [0.29, 0.717) is 13.0 Å². The summed E-state index contributed by atoms with van der Waals surface area (Å²) in [6.45, 7) is 4.64. The molecule has 6 nitrogen and oxygen atoms in total. The topological polar surface area (TPSA) is 54.3 Å². The molecule has 3 heterocycles. The van der Waals surface area contributed by atoms with Crippen LogP contribution in [0, 0.1) is 0 Å². The number of anilines is 1. The Morgan fingerprint density at radius 1 is 1.32 bits per heavy atom. The van der Waals surface area contributed by atoms with Crippen molar-refractivity contribution in [2.45, 2.75) is 45.2 Å². The second-order valence-corrected chi connectivity index (χ2v) is 6.58. The molecular weight excluding hydrogens is 314 g/mol. The van der Waals surface area contributed by atoms with E-state index < -0.39 is 0 Å². The van der Waals surface area contributed by atoms with Crippen LogP contribution >= 0.6 is 0 Å². The Morgan fingerprint density at radius 3 is 2.96 bits per heavy atom. The van der Waals surface area contributed by atoms with Gasteiger partial charge in [-0.2, -0.15) is 0 Å². The number of carbonyl (C=O) groups is 1. The first-order valence-corrected chi connectivity index (χ1v) is 9.10. The monoisotopic (exact) mass is 341 g/mol. The molecule has 1 amide bonds. The van der Waals surface area contributed by atoms with E-state index in [1.165, 1.54) is 0 Å². The van der Waals surface area contributed by atoms with E-state index in [-0.39, 0.29) is 11.9 Å². The maximum atomic E-state index is 12.6. The van der Waals surface area contributed by atoms with Crippen LogP contribution in [0.1, 0.15) is 32.0 Å². The normalized spacial score (nSPS) is 17.5. The number of amides is 1. The maximum Gasteiger partial charge on any atom is 0.224 e. The summed E-state index contributed by atoms with van der Waals surface area (Å²) in [5.74, 6) is 2.23. The Balaban J connectivity index is 1.56. The van der Waals surface area contributed by atoms with Gasteiger partial charge in [-0.25, -0.2) is 9.97 Å². The van der Waals surface area contributed by atoms with Gasteiger partial charge in [0, 0.05) is 64.2 Å². The standard InChI is InChI=1S/C19H27N5O/c1-3-17-21-11-14-23(17)13-9-19(25)22(2)16-7-6-12-24(15-16)18-8-4-5-10-20-18/h4-5,8,10-11,14,16H,3,6-7,9,12-13,15H2,1-2H3/t16-/m0/s1. The van der Waals surface area contributed by atoms with Crippen LogP contribution in [0.4, 0.5) is 5.82 Å². The Labute approximate surface area is 149 Å². The lowest BCUT2D eigenvalue weighted by molar-refractivity contribution is -0.132. The van der Waals surface area contributed by atoms with Crippen LogP contribution in [0.15, 0.2) is 36.8 Å². The molecule has 1 aliphatic heterocycles. The van der Waals surface area contributed by atoms with E-state index >= 15 is 0 Å². The number of carbonyl (C=O) groups excluding carboxylic acids is 1. The predicted octanol–water partition coefficient (Wildman–Crippen LogP) is 2.36. The highest BCUT2D eigenvalue weighted by molar-refractivity contribution is 5.76. The Bertz CT molecular complexity index is 684. The fraction of sp³-hybridized carbons (Fsp3) is 0.526. The minimum absolute atomic E-state index is 0.198. The number of aryl methyl sites for hydroxylation is 2. The zero-order chi connectivity index (χ0) is 17.6. The molecule has 0 aromatic carbocycles. The first-order chi connectivity index (χ1) is 12.2. The van der Waals surface area contributed by atoms with Crippen LogP contribution in [-0.4, -0.2) is 51.5 Å². The molecule has 0 N–H and O–H groups in total. The van der Waals surface area contributed by atoms with Crippen LogP contribution in [0.2, 0.25) is 0 Å². The number of pyridine rings is 1. The molecule has 1 aliphatic rings. The highest BCUT2D eigenvalue weighted by Gasteiger charge is 2.26. The second kappa shape index (κ2) is 8.14. The van der Waals surface area contributed by atoms with Gasteiger partial charge in [-0.05, 0) is 25.0 Å². The molecule has 0 aliphatic carbocycles. The van der Waals surface area contributed by atoms with Gasteiger partial charge in [0.2, 0.25) is 5.91 Å². The molecule has 0 bridgehead atoms. The summed E-state index contributed by atoms with van der Waals surface area (Å²) in [6.07, 6.45) is 9.12. The lowest BCUT2D eigenvalue weighted by Gasteiger charge is -2.38. The number of aromatic nitrogens is 3. The number of hydrogen-bond acceptors (Lipinski definition) is 4. The van der Waals surface area contributed by atoms with Gasteiger partial charge in [-0.15, -0.1) is 0 Å². The van der Waals surface area contributed by atoms with Gasteiger partial charge >= 0.3 is 0 Å². The fourth-order valence-corrected chi connectivity index (χ4v) is 3.47. The highest BCUT2D eigenvalue weighted by Crippen LogP contribution is 2.20. The lowest BCUT2D eigenvalue weighted by Crippen LogP contribution is -2.49. The van der Waals surface area contributed by atoms with Gasteiger partial charge in [0.1, 0.15) is 11.6 Å². The SMILES string of the molecule is CCc1nccn1CCC(=O)N(C)[C@H]1CCCN(c2ccccn2)C1. The van der Waals surface area contributed by atoms with Crippen LogP contribution in [0.25, 0.3) is 0 Å². The van der Waals surface area contributed by atoms with E-state index in [9.17, 15) is 4.79 Å². The Hall–Kier alpha value is -2.37. The summed E-state index contributed by atoms with van der Waals surface area (Å²) in [6, 6.07) is 6.23. The van der Waals surface area contributed by atoms with E-state index in [1.54, 1.807) is 6.20 Å². The molecule has 0 spiro atoms. The summed E-state index contributed by atoms with van der Waals surface area (Å²) < 4.78 is 2.08. The van der Waals surface area contributed by atoms with Gasteiger partial charge in [0.15, 0.2) is 0 Å². The highest BCUT2D eigenvalue weighted by atomic mass is 16.2. The molecule has 134 valence electrons. The summed E-state index contributed by atoms with van der Waals surface area (Å²) >= 11 is 0. The number of rotatable bonds is 6. The third-order valence-corrected chi connectivity index (χ3v) is 5.00. The largest absolute Gasteiger partial charge is 0.355 e. The molecule has 3 rings (SSSR count). The minimum Gasteiger partial charge on any atom is -0.355 e. The zero-order valence-corrected chi connectivity index (χ0v) is 15.1. The molecule has 2 aromatic rings. The van der Waals surface area contributed by atoms with Gasteiger partial charge in [-0.3, -0.25) is 4.79 Å². The van der Waals surface area contributed by atoms with E-state index in [1.807, 2.05) is 42.5 Å². The van der Waals surface area contributed by atoms with Crippen molar-refractivity contribution in [1.29, 1.82) is 0 Å². The van der Waals surface area contributed by atoms with Crippen LogP contribution in [-0.2, 0) is 17.8 Å². The van der Waals surface area contributed by atoms with Crippen LogP contribution in [0.5, 0.6) is 0 Å². The minimum atomic E-state index is 0.198. The summed E-state index contributed by atoms with van der Waals surface area (Å²) in [5.41, 5.74) is 0. The number of likely N-dealkylation sites (N-methyl/N-ethyl adjacent to an activating group) is 1. The van der Waals surface area contributed by atoms with Crippen molar-refractivity contribution in [3.63, 3.8) is 0 Å². The average molecular weight is 341 g/mol. The molecule has 25 heavy (non-hydrogen) atoms. The van der Waals surface area contributed by atoms with Gasteiger partial charge < -0.3 is 14.4 Å². The van der Waals surface area contributed by atoms with Gasteiger partial charge in [0.05, 0.1) is 0 Å². The van der Waals surface area contributed by atoms with Gasteiger partial charge in [-0.1, -0.05) is 13.0 Å². The maximum absolute atomic E-state index is 12.6. The average Bonchev–Trinajstić information content (AvgIpc) is 3.14.